The number of carbonyl (C=O) groups excluding carboxylic acids is 1. The molecular weight excluding hydrogens is 187 g/mol. The molecule has 0 aliphatic heterocycles. The van der Waals surface area contributed by atoms with Gasteiger partial charge in [0.05, 0.1) is 19.3 Å². The van der Waals surface area contributed by atoms with Crippen LogP contribution in [0.25, 0.3) is 0 Å². The van der Waals surface area contributed by atoms with E-state index < -0.39 is 11.8 Å². The second-order valence-electron chi connectivity index (χ2n) is 2.73. The van der Waals surface area contributed by atoms with Gasteiger partial charge in [0, 0.05) is 7.11 Å². The summed E-state index contributed by atoms with van der Waals surface area (Å²) in [7, 11) is 2.76. The lowest BCUT2D eigenvalue weighted by atomic mass is 10.1. The number of rotatable bonds is 3. The SMILES string of the molecule is COCc1cc(F)ccc1C(=O)OC. The molecule has 0 unspecified atom stereocenters. The summed E-state index contributed by atoms with van der Waals surface area (Å²) in [5, 5.41) is 0. The molecule has 0 saturated carbocycles. The Kier molecular flexibility index (Phi) is 3.59. The molecule has 1 rings (SSSR count). The minimum absolute atomic E-state index is 0.183. The van der Waals surface area contributed by atoms with Crippen molar-refractivity contribution in [3.63, 3.8) is 0 Å². The molecule has 3 nitrogen and oxygen atoms in total. The van der Waals surface area contributed by atoms with Crippen LogP contribution in [0.15, 0.2) is 18.2 Å². The van der Waals surface area contributed by atoms with Gasteiger partial charge in [0.25, 0.3) is 0 Å². The Morgan fingerprint density at radius 2 is 2.14 bits per heavy atom. The molecule has 0 radical (unpaired) electrons. The number of hydrogen-bond acceptors (Lipinski definition) is 3. The lowest BCUT2D eigenvalue weighted by molar-refractivity contribution is 0.0595. The number of hydrogen-bond donors (Lipinski definition) is 0. The van der Waals surface area contributed by atoms with Crippen LogP contribution in [0.4, 0.5) is 4.39 Å². The van der Waals surface area contributed by atoms with E-state index in [1.54, 1.807) is 0 Å². The average Bonchev–Trinajstić information content (AvgIpc) is 2.17. The van der Waals surface area contributed by atoms with E-state index in [0.29, 0.717) is 11.1 Å². The van der Waals surface area contributed by atoms with E-state index in [1.165, 1.54) is 32.4 Å². The summed E-state index contributed by atoms with van der Waals surface area (Å²) >= 11 is 0. The summed E-state index contributed by atoms with van der Waals surface area (Å²) in [6.45, 7) is 0.183. The fourth-order valence-corrected chi connectivity index (χ4v) is 1.15. The van der Waals surface area contributed by atoms with Gasteiger partial charge in [-0.05, 0) is 23.8 Å². The van der Waals surface area contributed by atoms with Crippen LogP contribution in [0.5, 0.6) is 0 Å². The van der Waals surface area contributed by atoms with Crippen molar-refractivity contribution in [2.24, 2.45) is 0 Å². The van der Waals surface area contributed by atoms with Crippen molar-refractivity contribution in [3.05, 3.63) is 35.1 Å². The van der Waals surface area contributed by atoms with Crippen LogP contribution in [0.2, 0.25) is 0 Å². The zero-order valence-corrected chi connectivity index (χ0v) is 8.04. The second kappa shape index (κ2) is 4.72. The topological polar surface area (TPSA) is 35.5 Å². The summed E-state index contributed by atoms with van der Waals surface area (Å²) in [6.07, 6.45) is 0. The third-order valence-corrected chi connectivity index (χ3v) is 1.77. The molecule has 1 aromatic carbocycles. The summed E-state index contributed by atoms with van der Waals surface area (Å²) < 4.78 is 22.2. The van der Waals surface area contributed by atoms with Crippen LogP contribution in [0.3, 0.4) is 0 Å². The third-order valence-electron chi connectivity index (χ3n) is 1.77. The number of benzene rings is 1. The summed E-state index contributed by atoms with van der Waals surface area (Å²) in [5.74, 6) is -0.887. The fourth-order valence-electron chi connectivity index (χ4n) is 1.15. The van der Waals surface area contributed by atoms with Crippen LogP contribution in [0, 0.1) is 5.82 Å². The molecule has 4 heteroatoms. The highest BCUT2D eigenvalue weighted by molar-refractivity contribution is 5.90. The van der Waals surface area contributed by atoms with Gasteiger partial charge in [-0.15, -0.1) is 0 Å². The van der Waals surface area contributed by atoms with E-state index in [4.69, 9.17) is 4.74 Å². The monoisotopic (exact) mass is 198 g/mol. The van der Waals surface area contributed by atoms with Crippen LogP contribution in [0.1, 0.15) is 15.9 Å². The van der Waals surface area contributed by atoms with Crippen molar-refractivity contribution in [1.82, 2.24) is 0 Å². The quantitative estimate of drug-likeness (QED) is 0.694. The highest BCUT2D eigenvalue weighted by atomic mass is 19.1. The third kappa shape index (κ3) is 2.29. The molecule has 0 fully saturated rings. The standard InChI is InChI=1S/C10H11FO3/c1-13-6-7-5-8(11)3-4-9(7)10(12)14-2/h3-5H,6H2,1-2H3. The molecule has 0 aliphatic carbocycles. The van der Waals surface area contributed by atoms with Crippen molar-refractivity contribution >= 4 is 5.97 Å². The molecule has 76 valence electrons. The minimum Gasteiger partial charge on any atom is -0.465 e. The first kappa shape index (κ1) is 10.7. The molecule has 0 atom stereocenters. The maximum atomic E-state index is 12.8. The van der Waals surface area contributed by atoms with Crippen LogP contribution in [-0.2, 0) is 16.1 Å². The molecule has 0 spiro atoms. The van der Waals surface area contributed by atoms with Gasteiger partial charge in [0.15, 0.2) is 0 Å². The number of ether oxygens (including phenoxy) is 2. The molecule has 14 heavy (non-hydrogen) atoms. The van der Waals surface area contributed by atoms with Crippen molar-refractivity contribution in [3.8, 4) is 0 Å². The van der Waals surface area contributed by atoms with Gasteiger partial charge >= 0.3 is 5.97 Å². The molecule has 0 aliphatic rings. The van der Waals surface area contributed by atoms with Crippen molar-refractivity contribution in [2.45, 2.75) is 6.61 Å². The largest absolute Gasteiger partial charge is 0.465 e. The maximum absolute atomic E-state index is 12.8. The molecule has 0 N–H and O–H groups in total. The number of methoxy groups -OCH3 is 2. The van der Waals surface area contributed by atoms with E-state index in [1.807, 2.05) is 0 Å². The van der Waals surface area contributed by atoms with Crippen molar-refractivity contribution in [1.29, 1.82) is 0 Å². The van der Waals surface area contributed by atoms with E-state index in [-0.39, 0.29) is 6.61 Å². The van der Waals surface area contributed by atoms with E-state index in [2.05, 4.69) is 4.74 Å². The van der Waals surface area contributed by atoms with E-state index in [9.17, 15) is 9.18 Å². The minimum atomic E-state index is -0.489. The van der Waals surface area contributed by atoms with Gasteiger partial charge in [-0.2, -0.15) is 0 Å². The highest BCUT2D eigenvalue weighted by Gasteiger charge is 2.11. The Hall–Kier alpha value is -1.42. The average molecular weight is 198 g/mol. The van der Waals surface area contributed by atoms with Gasteiger partial charge in [-0.3, -0.25) is 0 Å². The second-order valence-corrected chi connectivity index (χ2v) is 2.73. The molecule has 0 aromatic heterocycles. The Morgan fingerprint density at radius 3 is 2.71 bits per heavy atom. The van der Waals surface area contributed by atoms with Gasteiger partial charge in [0.2, 0.25) is 0 Å². The lowest BCUT2D eigenvalue weighted by Crippen LogP contribution is -2.06. The van der Waals surface area contributed by atoms with Crippen molar-refractivity contribution < 1.29 is 18.7 Å². The number of esters is 1. The Bertz CT molecular complexity index is 336. The van der Waals surface area contributed by atoms with Crippen LogP contribution >= 0.6 is 0 Å². The van der Waals surface area contributed by atoms with Gasteiger partial charge < -0.3 is 9.47 Å². The predicted molar refractivity (Wildman–Crippen MR) is 48.5 cm³/mol. The smallest absolute Gasteiger partial charge is 0.338 e. The van der Waals surface area contributed by atoms with Gasteiger partial charge in [-0.25, -0.2) is 9.18 Å². The summed E-state index contributed by atoms with van der Waals surface area (Å²) in [4.78, 5) is 11.2. The van der Waals surface area contributed by atoms with E-state index in [0.717, 1.165) is 0 Å². The molecule has 1 aromatic rings. The molecule has 0 heterocycles. The number of halogens is 1. The van der Waals surface area contributed by atoms with Gasteiger partial charge in [-0.1, -0.05) is 0 Å². The molecule has 0 amide bonds. The highest BCUT2D eigenvalue weighted by Crippen LogP contribution is 2.13. The first-order valence-corrected chi connectivity index (χ1v) is 4.04. The first-order valence-electron chi connectivity index (χ1n) is 4.04. The Labute approximate surface area is 81.4 Å². The van der Waals surface area contributed by atoms with Crippen LogP contribution < -0.4 is 0 Å². The lowest BCUT2D eigenvalue weighted by Gasteiger charge is -2.06. The number of carbonyl (C=O) groups is 1. The predicted octanol–water partition coefficient (Wildman–Crippen LogP) is 1.76. The van der Waals surface area contributed by atoms with E-state index >= 15 is 0 Å². The van der Waals surface area contributed by atoms with Crippen LogP contribution in [-0.4, -0.2) is 20.2 Å². The summed E-state index contributed by atoms with van der Waals surface area (Å²) in [6, 6.07) is 3.86. The fraction of sp³-hybridized carbons (Fsp3) is 0.300. The zero-order chi connectivity index (χ0) is 10.6. The molecule has 0 saturated heterocycles. The Balaban J connectivity index is 3.07. The molecular formula is C10H11FO3. The van der Waals surface area contributed by atoms with Gasteiger partial charge in [0.1, 0.15) is 5.82 Å². The molecule has 0 bridgehead atoms. The summed E-state index contributed by atoms with van der Waals surface area (Å²) in [5.41, 5.74) is 0.815. The zero-order valence-electron chi connectivity index (χ0n) is 8.04. The van der Waals surface area contributed by atoms with Crippen molar-refractivity contribution in [2.75, 3.05) is 14.2 Å². The normalized spacial score (nSPS) is 9.93. The first-order chi connectivity index (χ1) is 6.69. The maximum Gasteiger partial charge on any atom is 0.338 e. The Morgan fingerprint density at radius 1 is 1.43 bits per heavy atom.